The molecule has 0 saturated heterocycles. The van der Waals surface area contributed by atoms with Crippen molar-refractivity contribution in [3.05, 3.63) is 0 Å². The molecule has 9 heteroatoms. The number of unbranched alkanes of at least 4 members (excludes halogenated alkanes) is 23. The van der Waals surface area contributed by atoms with Gasteiger partial charge in [-0.1, -0.05) is 163 Å². The lowest BCUT2D eigenvalue weighted by Crippen LogP contribution is -2.19. The lowest BCUT2D eigenvalue weighted by Gasteiger charge is -2.18. The maximum atomic E-state index is 12.6. The third-order valence-corrected chi connectivity index (χ3v) is 10.3. The van der Waals surface area contributed by atoms with E-state index in [1.54, 1.807) is 0 Å². The second-order valence-electron chi connectivity index (χ2n) is 16.2. The molecule has 1 atom stereocenters. The summed E-state index contributed by atoms with van der Waals surface area (Å²) in [5, 5.41) is 0. The second kappa shape index (κ2) is 42.3. The SMILES string of the molecule is CCCCCCCCCCOC(=O)CCCCCC(=O)OCC(C)COC(=O)OCCCCCCCC(=O)OC(CCCCCCCC)CCCCCCCC. The summed E-state index contributed by atoms with van der Waals surface area (Å²) in [6.45, 7) is 9.63. The van der Waals surface area contributed by atoms with E-state index in [0.29, 0.717) is 45.3 Å². The average molecular weight is 797 g/mol. The monoisotopic (exact) mass is 797 g/mol. The fraction of sp³-hybridized carbons (Fsp3) is 0.915. The molecule has 0 radical (unpaired) electrons. The number of rotatable bonds is 42. The molecule has 0 fully saturated rings. The zero-order valence-corrected chi connectivity index (χ0v) is 37.0. The zero-order chi connectivity index (χ0) is 41.2. The van der Waals surface area contributed by atoms with Crippen molar-refractivity contribution >= 4 is 24.1 Å². The van der Waals surface area contributed by atoms with Crippen molar-refractivity contribution in [2.75, 3.05) is 26.4 Å². The summed E-state index contributed by atoms with van der Waals surface area (Å²) in [4.78, 5) is 48.6. The number of hydrogen-bond acceptors (Lipinski definition) is 9. The van der Waals surface area contributed by atoms with E-state index in [-0.39, 0.29) is 43.1 Å². The predicted molar refractivity (Wildman–Crippen MR) is 228 cm³/mol. The van der Waals surface area contributed by atoms with Crippen molar-refractivity contribution < 1.29 is 42.9 Å². The highest BCUT2D eigenvalue weighted by Crippen LogP contribution is 2.18. The van der Waals surface area contributed by atoms with Gasteiger partial charge in [0, 0.05) is 25.2 Å². The normalized spacial score (nSPS) is 11.7. The summed E-state index contributed by atoms with van der Waals surface area (Å²) in [5.41, 5.74) is 0. The first-order valence-electron chi connectivity index (χ1n) is 23.6. The summed E-state index contributed by atoms with van der Waals surface area (Å²) in [6, 6.07) is 0. The Morgan fingerprint density at radius 1 is 0.375 bits per heavy atom. The van der Waals surface area contributed by atoms with Crippen molar-refractivity contribution in [1.82, 2.24) is 0 Å². The van der Waals surface area contributed by atoms with Gasteiger partial charge in [-0.15, -0.1) is 0 Å². The molecular formula is C47H88O9. The van der Waals surface area contributed by atoms with E-state index in [9.17, 15) is 19.2 Å². The molecule has 1 unspecified atom stereocenters. The molecule has 0 amide bonds. The smallest absolute Gasteiger partial charge is 0.466 e. The van der Waals surface area contributed by atoms with Crippen LogP contribution in [-0.2, 0) is 38.1 Å². The molecule has 0 saturated carbocycles. The topological polar surface area (TPSA) is 114 Å². The quantitative estimate of drug-likeness (QED) is 0.0338. The number of hydrogen-bond donors (Lipinski definition) is 0. The standard InChI is InChI=1S/C47H88O9/c1-5-8-11-14-17-18-23-31-38-52-44(48)35-29-25-30-36-45(49)54-40-42(4)41-55-47(51)53-39-32-24-19-22-28-37-46(50)56-43(33-26-20-15-12-9-6-2)34-27-21-16-13-10-7-3/h42-43H,5-41H2,1-4H3. The van der Waals surface area contributed by atoms with Crippen LogP contribution in [0.5, 0.6) is 0 Å². The van der Waals surface area contributed by atoms with Crippen LogP contribution in [0.2, 0.25) is 0 Å². The van der Waals surface area contributed by atoms with Gasteiger partial charge < -0.3 is 23.7 Å². The van der Waals surface area contributed by atoms with E-state index < -0.39 is 6.16 Å². The number of carbonyl (C=O) groups excluding carboxylic acids is 4. The van der Waals surface area contributed by atoms with Crippen LogP contribution in [-0.4, -0.2) is 56.6 Å². The molecule has 0 rings (SSSR count). The zero-order valence-electron chi connectivity index (χ0n) is 37.0. The summed E-state index contributed by atoms with van der Waals surface area (Å²) in [5.74, 6) is -0.647. The lowest BCUT2D eigenvalue weighted by molar-refractivity contribution is -0.150. The summed E-state index contributed by atoms with van der Waals surface area (Å²) >= 11 is 0. The van der Waals surface area contributed by atoms with Crippen LogP contribution in [0.4, 0.5) is 4.79 Å². The van der Waals surface area contributed by atoms with Crippen molar-refractivity contribution in [3.8, 4) is 0 Å². The molecule has 0 aromatic heterocycles. The molecule has 0 heterocycles. The van der Waals surface area contributed by atoms with Gasteiger partial charge >= 0.3 is 24.1 Å². The summed E-state index contributed by atoms with van der Waals surface area (Å²) in [7, 11) is 0. The minimum Gasteiger partial charge on any atom is -0.466 e. The molecule has 0 bridgehead atoms. The molecule has 0 aliphatic carbocycles. The Balaban J connectivity index is 3.82. The molecular weight excluding hydrogens is 709 g/mol. The molecule has 0 N–H and O–H groups in total. The Morgan fingerprint density at radius 2 is 0.732 bits per heavy atom. The Bertz CT molecular complexity index is 892. The van der Waals surface area contributed by atoms with Crippen LogP contribution in [0.3, 0.4) is 0 Å². The van der Waals surface area contributed by atoms with E-state index in [0.717, 1.165) is 77.0 Å². The van der Waals surface area contributed by atoms with Gasteiger partial charge in [0.1, 0.15) is 12.7 Å². The van der Waals surface area contributed by atoms with Crippen molar-refractivity contribution in [3.63, 3.8) is 0 Å². The van der Waals surface area contributed by atoms with Gasteiger partial charge in [0.15, 0.2) is 0 Å². The number of esters is 3. The van der Waals surface area contributed by atoms with Crippen LogP contribution < -0.4 is 0 Å². The van der Waals surface area contributed by atoms with Gasteiger partial charge in [-0.25, -0.2) is 4.79 Å². The van der Waals surface area contributed by atoms with Gasteiger partial charge in [-0.2, -0.15) is 0 Å². The second-order valence-corrected chi connectivity index (χ2v) is 16.2. The first kappa shape index (κ1) is 53.7. The van der Waals surface area contributed by atoms with E-state index in [4.69, 9.17) is 23.7 Å². The fourth-order valence-corrected chi connectivity index (χ4v) is 6.69. The minimum atomic E-state index is -0.710. The van der Waals surface area contributed by atoms with Crippen molar-refractivity contribution in [2.45, 2.75) is 246 Å². The maximum absolute atomic E-state index is 12.6. The summed E-state index contributed by atoms with van der Waals surface area (Å²) < 4.78 is 27.0. The Labute approximate surface area is 344 Å². The molecule has 0 spiro atoms. The van der Waals surface area contributed by atoms with E-state index in [2.05, 4.69) is 20.8 Å². The largest absolute Gasteiger partial charge is 0.508 e. The molecule has 0 aliphatic heterocycles. The van der Waals surface area contributed by atoms with Crippen LogP contribution in [0, 0.1) is 5.92 Å². The van der Waals surface area contributed by atoms with Gasteiger partial charge in [-0.3, -0.25) is 14.4 Å². The summed E-state index contributed by atoms with van der Waals surface area (Å²) in [6.07, 6.45) is 33.8. The van der Waals surface area contributed by atoms with Gasteiger partial charge in [-0.05, 0) is 57.8 Å². The Kier molecular flexibility index (Phi) is 40.5. The van der Waals surface area contributed by atoms with Gasteiger partial charge in [0.2, 0.25) is 0 Å². The van der Waals surface area contributed by atoms with Crippen LogP contribution >= 0.6 is 0 Å². The number of ether oxygens (including phenoxy) is 5. The Hall–Kier alpha value is -2.32. The lowest BCUT2D eigenvalue weighted by atomic mass is 10.0. The highest BCUT2D eigenvalue weighted by molar-refractivity contribution is 5.70. The first-order valence-corrected chi connectivity index (χ1v) is 23.6. The molecule has 56 heavy (non-hydrogen) atoms. The van der Waals surface area contributed by atoms with E-state index >= 15 is 0 Å². The van der Waals surface area contributed by atoms with Crippen molar-refractivity contribution in [2.24, 2.45) is 5.92 Å². The average Bonchev–Trinajstić information content (AvgIpc) is 3.18. The van der Waals surface area contributed by atoms with Crippen LogP contribution in [0.1, 0.15) is 240 Å². The predicted octanol–water partition coefficient (Wildman–Crippen LogP) is 13.7. The first-order chi connectivity index (χ1) is 27.3. The molecule has 0 aliphatic rings. The third kappa shape index (κ3) is 39.9. The van der Waals surface area contributed by atoms with Crippen LogP contribution in [0.25, 0.3) is 0 Å². The van der Waals surface area contributed by atoms with E-state index in [1.165, 1.54) is 103 Å². The number of carbonyl (C=O) groups is 4. The van der Waals surface area contributed by atoms with Crippen molar-refractivity contribution in [1.29, 1.82) is 0 Å². The molecule has 330 valence electrons. The highest BCUT2D eigenvalue weighted by atomic mass is 16.7. The molecule has 9 nitrogen and oxygen atoms in total. The maximum Gasteiger partial charge on any atom is 0.508 e. The minimum absolute atomic E-state index is 0.0584. The molecule has 0 aromatic carbocycles. The fourth-order valence-electron chi connectivity index (χ4n) is 6.69. The Morgan fingerprint density at radius 3 is 1.23 bits per heavy atom. The van der Waals surface area contributed by atoms with Gasteiger partial charge in [0.05, 0.1) is 19.8 Å². The highest BCUT2D eigenvalue weighted by Gasteiger charge is 2.15. The van der Waals surface area contributed by atoms with Gasteiger partial charge in [0.25, 0.3) is 0 Å². The molecule has 0 aromatic rings. The van der Waals surface area contributed by atoms with E-state index in [1.807, 2.05) is 6.92 Å². The third-order valence-electron chi connectivity index (χ3n) is 10.3. The van der Waals surface area contributed by atoms with Crippen LogP contribution in [0.15, 0.2) is 0 Å².